The third-order valence-electron chi connectivity index (χ3n) is 6.11. The molecule has 0 aromatic heterocycles. The van der Waals surface area contributed by atoms with E-state index in [4.69, 9.17) is 5.11 Å². The molecule has 0 saturated heterocycles. The highest BCUT2D eigenvalue weighted by Gasteiger charge is 2.17. The molecule has 5 heteroatoms. The van der Waals surface area contributed by atoms with Crippen LogP contribution in [0.5, 0.6) is 0 Å². The number of carbonyl (C=O) groups excluding carboxylic acids is 2. The number of hydrogen-bond donors (Lipinski definition) is 2. The van der Waals surface area contributed by atoms with Crippen LogP contribution in [0, 0.1) is 5.92 Å². The van der Waals surface area contributed by atoms with Gasteiger partial charge in [0.25, 0.3) is 5.91 Å². The first-order chi connectivity index (χ1) is 18.3. The zero-order valence-electron chi connectivity index (χ0n) is 22.6. The molecule has 198 valence electrons. The average molecular weight is 512 g/mol. The second-order valence-electron chi connectivity index (χ2n) is 8.92. The maximum atomic E-state index is 12.2. The fourth-order valence-electron chi connectivity index (χ4n) is 3.61. The maximum absolute atomic E-state index is 12.2. The molecule has 0 radical (unpaired) electrons. The fraction of sp³-hybridized carbons (Fsp3) is 0.242. The smallest absolute Gasteiger partial charge is 0.306 e. The van der Waals surface area contributed by atoms with Crippen LogP contribution in [-0.2, 0) is 4.79 Å². The molecule has 38 heavy (non-hydrogen) atoms. The van der Waals surface area contributed by atoms with Gasteiger partial charge >= 0.3 is 5.97 Å². The van der Waals surface area contributed by atoms with Gasteiger partial charge in [-0.2, -0.15) is 0 Å². The number of hydrogen-bond acceptors (Lipinski definition) is 3. The highest BCUT2D eigenvalue weighted by atomic mass is 16.4. The van der Waals surface area contributed by atoms with Gasteiger partial charge in [-0.15, -0.1) is 0 Å². The minimum Gasteiger partial charge on any atom is -0.481 e. The standard InChI is InChI=1S/C24H21NO4.C9H16/c1-16(24(28)29)15-22(26)19-9-7-17(8-10-19)18-11-13-21(14-12-18)25-23(27)20-5-3-2-4-6-20;1-4-7-8-9(5-2)6-3/h2-14,16H,15H2,1H3,(H,25,27)(H,28,29);4-5,7H,6,8H2,1-3H3/b;7-4-,9-5-. The van der Waals surface area contributed by atoms with E-state index in [1.165, 1.54) is 18.9 Å². The highest BCUT2D eigenvalue weighted by Crippen LogP contribution is 2.23. The van der Waals surface area contributed by atoms with Crippen molar-refractivity contribution in [3.8, 4) is 11.1 Å². The number of carboxylic acid groups (broad SMARTS) is 1. The molecule has 0 fully saturated rings. The number of carboxylic acids is 1. The lowest BCUT2D eigenvalue weighted by Crippen LogP contribution is -2.14. The maximum Gasteiger partial charge on any atom is 0.306 e. The molecule has 1 unspecified atom stereocenters. The van der Waals surface area contributed by atoms with E-state index in [1.54, 1.807) is 24.3 Å². The summed E-state index contributed by atoms with van der Waals surface area (Å²) in [5.41, 5.74) is 5.17. The van der Waals surface area contributed by atoms with Gasteiger partial charge in [-0.25, -0.2) is 0 Å². The van der Waals surface area contributed by atoms with Crippen LogP contribution in [0.25, 0.3) is 11.1 Å². The highest BCUT2D eigenvalue weighted by molar-refractivity contribution is 6.04. The Labute approximate surface area is 225 Å². The van der Waals surface area contributed by atoms with E-state index in [2.05, 4.69) is 44.3 Å². The van der Waals surface area contributed by atoms with Gasteiger partial charge in [0.05, 0.1) is 5.92 Å². The third-order valence-corrected chi connectivity index (χ3v) is 6.11. The van der Waals surface area contributed by atoms with E-state index >= 15 is 0 Å². The number of amides is 1. The average Bonchev–Trinajstić information content (AvgIpc) is 2.95. The van der Waals surface area contributed by atoms with Crippen molar-refractivity contribution in [2.75, 3.05) is 5.32 Å². The lowest BCUT2D eigenvalue weighted by atomic mass is 9.97. The molecule has 3 rings (SSSR count). The summed E-state index contributed by atoms with van der Waals surface area (Å²) in [6.07, 6.45) is 8.77. The molecule has 0 spiro atoms. The second-order valence-corrected chi connectivity index (χ2v) is 8.92. The Morgan fingerprint density at radius 2 is 1.42 bits per heavy atom. The molecule has 0 aliphatic carbocycles. The molecule has 2 N–H and O–H groups in total. The lowest BCUT2D eigenvalue weighted by molar-refractivity contribution is -0.141. The van der Waals surface area contributed by atoms with Crippen LogP contribution in [0.1, 0.15) is 67.7 Å². The number of anilines is 1. The molecule has 1 atom stereocenters. The van der Waals surface area contributed by atoms with E-state index in [9.17, 15) is 14.4 Å². The van der Waals surface area contributed by atoms with E-state index < -0.39 is 11.9 Å². The summed E-state index contributed by atoms with van der Waals surface area (Å²) in [4.78, 5) is 35.3. The number of benzene rings is 3. The minimum atomic E-state index is -0.977. The Hall–Kier alpha value is -4.25. The SMILES string of the molecule is C/C=C\C/C(=C\C)CC.CC(CC(=O)c1ccc(-c2ccc(NC(=O)c3ccccc3)cc2)cc1)C(=O)O. The van der Waals surface area contributed by atoms with Gasteiger partial charge in [-0.1, -0.05) is 92.2 Å². The number of ketones is 1. The molecule has 0 saturated carbocycles. The first kappa shape index (κ1) is 30.0. The van der Waals surface area contributed by atoms with Crippen molar-refractivity contribution in [2.24, 2.45) is 5.92 Å². The third kappa shape index (κ3) is 9.66. The van der Waals surface area contributed by atoms with Gasteiger partial charge in [-0.05, 0) is 62.1 Å². The van der Waals surface area contributed by atoms with Crippen LogP contribution in [0.2, 0.25) is 0 Å². The molecule has 0 heterocycles. The summed E-state index contributed by atoms with van der Waals surface area (Å²) in [5, 5.41) is 11.8. The molecular weight excluding hydrogens is 474 g/mol. The molecule has 0 aliphatic heterocycles. The summed E-state index contributed by atoms with van der Waals surface area (Å²) >= 11 is 0. The van der Waals surface area contributed by atoms with Crippen LogP contribution < -0.4 is 5.32 Å². The van der Waals surface area contributed by atoms with Crippen LogP contribution in [0.15, 0.2) is 103 Å². The molecule has 0 aliphatic rings. The first-order valence-electron chi connectivity index (χ1n) is 12.9. The Morgan fingerprint density at radius 1 is 0.842 bits per heavy atom. The number of carbonyl (C=O) groups is 3. The van der Waals surface area contributed by atoms with Crippen molar-refractivity contribution >= 4 is 23.3 Å². The lowest BCUT2D eigenvalue weighted by Gasteiger charge is -2.08. The predicted octanol–water partition coefficient (Wildman–Crippen LogP) is 8.21. The van der Waals surface area contributed by atoms with Gasteiger partial charge in [0, 0.05) is 23.2 Å². The normalized spacial score (nSPS) is 11.8. The summed E-state index contributed by atoms with van der Waals surface area (Å²) in [6.45, 7) is 7.87. The number of rotatable bonds is 10. The van der Waals surface area contributed by atoms with Crippen LogP contribution >= 0.6 is 0 Å². The zero-order valence-corrected chi connectivity index (χ0v) is 22.6. The van der Waals surface area contributed by atoms with Crippen LogP contribution in [0.4, 0.5) is 5.69 Å². The van der Waals surface area contributed by atoms with Crippen molar-refractivity contribution in [3.63, 3.8) is 0 Å². The molecule has 3 aromatic rings. The van der Waals surface area contributed by atoms with Crippen molar-refractivity contribution in [1.29, 1.82) is 0 Å². The van der Waals surface area contributed by atoms with Crippen LogP contribution in [0.3, 0.4) is 0 Å². The molecular formula is C33H37NO4. The van der Waals surface area contributed by atoms with Crippen LogP contribution in [-0.4, -0.2) is 22.8 Å². The molecule has 5 nitrogen and oxygen atoms in total. The van der Waals surface area contributed by atoms with Crippen molar-refractivity contribution in [3.05, 3.63) is 114 Å². The van der Waals surface area contributed by atoms with Gasteiger partial charge in [0.2, 0.25) is 0 Å². The Bertz CT molecular complexity index is 1240. The summed E-state index contributed by atoms with van der Waals surface area (Å²) < 4.78 is 0. The monoisotopic (exact) mass is 511 g/mol. The number of nitrogens with one attached hydrogen (secondary N) is 1. The summed E-state index contributed by atoms with van der Waals surface area (Å²) in [6, 6.07) is 23.5. The molecule has 1 amide bonds. The summed E-state index contributed by atoms with van der Waals surface area (Å²) in [5.74, 6) is -2.04. The minimum absolute atomic E-state index is 0.0233. The van der Waals surface area contributed by atoms with Crippen molar-refractivity contribution in [2.45, 2.75) is 47.0 Å². The predicted molar refractivity (Wildman–Crippen MR) is 155 cm³/mol. The molecule has 0 bridgehead atoms. The first-order valence-corrected chi connectivity index (χ1v) is 12.9. The topological polar surface area (TPSA) is 83.5 Å². The Morgan fingerprint density at radius 3 is 1.92 bits per heavy atom. The van der Waals surface area contributed by atoms with Gasteiger partial charge < -0.3 is 10.4 Å². The van der Waals surface area contributed by atoms with Gasteiger partial charge in [0.15, 0.2) is 5.78 Å². The Balaban J connectivity index is 0.000000484. The second kappa shape index (κ2) is 15.8. The van der Waals surface area contributed by atoms with Crippen molar-refractivity contribution in [1.82, 2.24) is 0 Å². The van der Waals surface area contributed by atoms with E-state index in [1.807, 2.05) is 54.6 Å². The van der Waals surface area contributed by atoms with Crippen molar-refractivity contribution < 1.29 is 19.5 Å². The Kier molecular flexibility index (Phi) is 12.4. The number of aliphatic carboxylic acids is 1. The largest absolute Gasteiger partial charge is 0.481 e. The zero-order chi connectivity index (χ0) is 27.9. The fourth-order valence-corrected chi connectivity index (χ4v) is 3.61. The van der Waals surface area contributed by atoms with Gasteiger partial charge in [-0.3, -0.25) is 14.4 Å². The van der Waals surface area contributed by atoms with E-state index in [0.29, 0.717) is 16.8 Å². The summed E-state index contributed by atoms with van der Waals surface area (Å²) in [7, 11) is 0. The number of allylic oxidation sites excluding steroid dienone is 4. The quantitative estimate of drug-likeness (QED) is 0.212. The molecule has 3 aromatic carbocycles. The van der Waals surface area contributed by atoms with E-state index in [0.717, 1.165) is 17.5 Å². The van der Waals surface area contributed by atoms with Gasteiger partial charge in [0.1, 0.15) is 0 Å². The van der Waals surface area contributed by atoms with E-state index in [-0.39, 0.29) is 18.1 Å². The number of Topliss-reactive ketones (excluding diaryl/α,β-unsaturated/α-hetero) is 1.